The van der Waals surface area contributed by atoms with Gasteiger partial charge >= 0.3 is 0 Å². The summed E-state index contributed by atoms with van der Waals surface area (Å²) in [5.41, 5.74) is 3.24. The summed E-state index contributed by atoms with van der Waals surface area (Å²) in [6.45, 7) is 4.24. The fourth-order valence-corrected chi connectivity index (χ4v) is 2.09. The molecule has 3 aromatic heterocycles. The predicted molar refractivity (Wildman–Crippen MR) is 68.9 cm³/mol. The molecule has 3 aromatic rings. The van der Waals surface area contributed by atoms with E-state index in [1.165, 1.54) is 5.69 Å². The van der Waals surface area contributed by atoms with Crippen LogP contribution in [0.5, 0.6) is 0 Å². The van der Waals surface area contributed by atoms with Crippen LogP contribution in [-0.4, -0.2) is 24.4 Å². The van der Waals surface area contributed by atoms with E-state index in [0.717, 1.165) is 29.9 Å². The summed E-state index contributed by atoms with van der Waals surface area (Å²) >= 11 is 0. The third kappa shape index (κ3) is 1.59. The van der Waals surface area contributed by atoms with Gasteiger partial charge < -0.3 is 0 Å². The molecule has 0 aliphatic carbocycles. The molecular formula is C13H15N5. The van der Waals surface area contributed by atoms with Crippen LogP contribution in [0.2, 0.25) is 0 Å². The molecule has 0 aliphatic heterocycles. The van der Waals surface area contributed by atoms with Crippen molar-refractivity contribution in [2.45, 2.75) is 26.7 Å². The summed E-state index contributed by atoms with van der Waals surface area (Å²) in [7, 11) is 0. The number of hydrogen-bond donors (Lipinski definition) is 0. The normalized spacial score (nSPS) is 11.2. The van der Waals surface area contributed by atoms with Crippen molar-refractivity contribution < 1.29 is 0 Å². The molecule has 3 heterocycles. The molecule has 5 heteroatoms. The van der Waals surface area contributed by atoms with Crippen LogP contribution in [0.15, 0.2) is 30.7 Å². The maximum atomic E-state index is 4.61. The monoisotopic (exact) mass is 241 g/mol. The van der Waals surface area contributed by atoms with Crippen LogP contribution < -0.4 is 0 Å². The first-order valence-electron chi connectivity index (χ1n) is 6.20. The van der Waals surface area contributed by atoms with Crippen molar-refractivity contribution in [2.75, 3.05) is 0 Å². The van der Waals surface area contributed by atoms with Crippen molar-refractivity contribution in [1.29, 1.82) is 0 Å². The molecule has 0 atom stereocenters. The van der Waals surface area contributed by atoms with Gasteiger partial charge in [-0.1, -0.05) is 13.8 Å². The molecule has 92 valence electrons. The Morgan fingerprint density at radius 2 is 2.06 bits per heavy atom. The van der Waals surface area contributed by atoms with Crippen LogP contribution in [0.25, 0.3) is 11.3 Å². The Kier molecular flexibility index (Phi) is 2.59. The largest absolute Gasteiger partial charge is 0.236 e. The topological polar surface area (TPSA) is 48.0 Å². The zero-order chi connectivity index (χ0) is 12.5. The molecule has 0 unspecified atom stereocenters. The van der Waals surface area contributed by atoms with Crippen LogP contribution in [-0.2, 0) is 12.8 Å². The first-order chi connectivity index (χ1) is 8.83. The highest BCUT2D eigenvalue weighted by atomic mass is 15.3. The van der Waals surface area contributed by atoms with Crippen molar-refractivity contribution in [3.8, 4) is 5.82 Å². The Morgan fingerprint density at radius 3 is 2.83 bits per heavy atom. The van der Waals surface area contributed by atoms with Gasteiger partial charge in [0.1, 0.15) is 5.52 Å². The fourth-order valence-electron chi connectivity index (χ4n) is 2.09. The minimum atomic E-state index is 0.839. The average molecular weight is 241 g/mol. The SMILES string of the molecule is CCc1cc(CC)n(-c2nccn3nccc23)n1. The molecule has 0 spiro atoms. The van der Waals surface area contributed by atoms with E-state index in [1.807, 2.05) is 21.5 Å². The lowest BCUT2D eigenvalue weighted by atomic mass is 10.2. The second kappa shape index (κ2) is 4.25. The summed E-state index contributed by atoms with van der Waals surface area (Å²) in [5, 5.41) is 8.84. The Bertz CT molecular complexity index is 680. The molecule has 0 saturated heterocycles. The molecule has 0 bridgehead atoms. The summed E-state index contributed by atoms with van der Waals surface area (Å²) in [4.78, 5) is 4.45. The number of hydrogen-bond acceptors (Lipinski definition) is 3. The van der Waals surface area contributed by atoms with Gasteiger partial charge in [0.25, 0.3) is 0 Å². The molecule has 0 aromatic carbocycles. The lowest BCUT2D eigenvalue weighted by Crippen LogP contribution is -2.06. The molecule has 0 fully saturated rings. The molecule has 3 rings (SSSR count). The van der Waals surface area contributed by atoms with E-state index in [-0.39, 0.29) is 0 Å². The molecule has 5 nitrogen and oxygen atoms in total. The fraction of sp³-hybridized carbons (Fsp3) is 0.308. The van der Waals surface area contributed by atoms with Crippen LogP contribution >= 0.6 is 0 Å². The minimum absolute atomic E-state index is 0.839. The molecule has 18 heavy (non-hydrogen) atoms. The summed E-state index contributed by atoms with van der Waals surface area (Å²) in [6.07, 6.45) is 7.24. The highest BCUT2D eigenvalue weighted by Crippen LogP contribution is 2.16. The van der Waals surface area contributed by atoms with E-state index in [0.29, 0.717) is 0 Å². The van der Waals surface area contributed by atoms with Crippen LogP contribution in [0.3, 0.4) is 0 Å². The Morgan fingerprint density at radius 1 is 1.17 bits per heavy atom. The Labute approximate surface area is 105 Å². The van der Waals surface area contributed by atoms with E-state index in [9.17, 15) is 0 Å². The van der Waals surface area contributed by atoms with Crippen LogP contribution in [0, 0.1) is 0 Å². The van der Waals surface area contributed by atoms with E-state index in [2.05, 4.69) is 35.1 Å². The van der Waals surface area contributed by atoms with Gasteiger partial charge in [0.2, 0.25) is 0 Å². The van der Waals surface area contributed by atoms with Crippen molar-refractivity contribution in [3.63, 3.8) is 0 Å². The second-order valence-electron chi connectivity index (χ2n) is 4.16. The summed E-state index contributed by atoms with van der Waals surface area (Å²) in [6, 6.07) is 4.09. The third-order valence-electron chi connectivity index (χ3n) is 3.06. The number of fused-ring (bicyclic) bond motifs is 1. The highest BCUT2D eigenvalue weighted by Gasteiger charge is 2.11. The molecule has 0 aliphatic rings. The van der Waals surface area contributed by atoms with E-state index >= 15 is 0 Å². The van der Waals surface area contributed by atoms with Gasteiger partial charge in [-0.25, -0.2) is 14.2 Å². The van der Waals surface area contributed by atoms with Gasteiger partial charge in [-0.05, 0) is 25.0 Å². The quantitative estimate of drug-likeness (QED) is 0.705. The van der Waals surface area contributed by atoms with Gasteiger partial charge in [-0.3, -0.25) is 0 Å². The summed E-state index contributed by atoms with van der Waals surface area (Å²) < 4.78 is 3.74. The molecule has 0 saturated carbocycles. The molecular weight excluding hydrogens is 226 g/mol. The maximum Gasteiger partial charge on any atom is 0.179 e. The standard InChI is InChI=1S/C13H15N5/c1-3-10-9-11(4-2)18(16-10)13-12-5-6-15-17(12)8-7-14-13/h5-9H,3-4H2,1-2H3. The van der Waals surface area contributed by atoms with Gasteiger partial charge in [-0.15, -0.1) is 0 Å². The molecule has 0 N–H and O–H groups in total. The maximum absolute atomic E-state index is 4.61. The van der Waals surface area contributed by atoms with E-state index in [4.69, 9.17) is 0 Å². The first-order valence-corrected chi connectivity index (χ1v) is 6.20. The number of nitrogens with zero attached hydrogens (tertiary/aromatic N) is 5. The van der Waals surface area contributed by atoms with Gasteiger partial charge in [0.15, 0.2) is 5.82 Å². The average Bonchev–Trinajstić information content (AvgIpc) is 3.04. The van der Waals surface area contributed by atoms with E-state index < -0.39 is 0 Å². The van der Waals surface area contributed by atoms with Gasteiger partial charge in [0.05, 0.1) is 11.9 Å². The van der Waals surface area contributed by atoms with Crippen molar-refractivity contribution in [1.82, 2.24) is 24.4 Å². The number of rotatable bonds is 3. The smallest absolute Gasteiger partial charge is 0.179 e. The predicted octanol–water partition coefficient (Wildman–Crippen LogP) is 2.04. The lowest BCUT2D eigenvalue weighted by Gasteiger charge is -2.06. The lowest BCUT2D eigenvalue weighted by molar-refractivity contribution is 0.768. The summed E-state index contributed by atoms with van der Waals surface area (Å²) in [5.74, 6) is 0.839. The second-order valence-corrected chi connectivity index (χ2v) is 4.16. The van der Waals surface area contributed by atoms with Crippen LogP contribution in [0.1, 0.15) is 25.2 Å². The zero-order valence-corrected chi connectivity index (χ0v) is 10.5. The number of aromatic nitrogens is 5. The van der Waals surface area contributed by atoms with Crippen molar-refractivity contribution in [3.05, 3.63) is 42.1 Å². The zero-order valence-electron chi connectivity index (χ0n) is 10.5. The molecule has 0 radical (unpaired) electrons. The third-order valence-corrected chi connectivity index (χ3v) is 3.06. The van der Waals surface area contributed by atoms with Crippen molar-refractivity contribution in [2.24, 2.45) is 0 Å². The van der Waals surface area contributed by atoms with E-state index in [1.54, 1.807) is 12.4 Å². The Balaban J connectivity index is 2.25. The Hall–Kier alpha value is -2.17. The van der Waals surface area contributed by atoms with Crippen LogP contribution in [0.4, 0.5) is 0 Å². The highest BCUT2D eigenvalue weighted by molar-refractivity contribution is 5.59. The number of aryl methyl sites for hydroxylation is 2. The van der Waals surface area contributed by atoms with Crippen molar-refractivity contribution >= 4 is 5.52 Å². The minimum Gasteiger partial charge on any atom is -0.236 e. The van der Waals surface area contributed by atoms with Gasteiger partial charge in [0, 0.05) is 18.1 Å². The first kappa shape index (κ1) is 11.0. The van der Waals surface area contributed by atoms with Gasteiger partial charge in [-0.2, -0.15) is 10.2 Å². The molecule has 0 amide bonds.